The van der Waals surface area contributed by atoms with Crippen molar-refractivity contribution in [2.45, 2.75) is 64.1 Å². The zero-order chi connectivity index (χ0) is 27.0. The Morgan fingerprint density at radius 3 is 2.77 bits per heavy atom. The number of piperidine rings is 1. The summed E-state index contributed by atoms with van der Waals surface area (Å²) >= 11 is 12.6. The molecule has 9 nitrogen and oxygen atoms in total. The summed E-state index contributed by atoms with van der Waals surface area (Å²) in [4.78, 5) is 25.5. The van der Waals surface area contributed by atoms with E-state index in [2.05, 4.69) is 32.9 Å². The van der Waals surface area contributed by atoms with E-state index in [1.165, 1.54) is 0 Å². The number of carbonyl (C=O) groups is 1. The minimum Gasteiger partial charge on any atom is -0.481 e. The second-order valence-corrected chi connectivity index (χ2v) is 11.2. The number of carboxylic acids is 1. The first-order valence-electron chi connectivity index (χ1n) is 13.1. The third kappa shape index (κ3) is 5.94. The lowest BCUT2D eigenvalue weighted by atomic mass is 9.91. The number of fused-ring (bicyclic) bond motifs is 1. The van der Waals surface area contributed by atoms with Crippen LogP contribution in [0.2, 0.25) is 10.0 Å². The van der Waals surface area contributed by atoms with E-state index >= 15 is 0 Å². The number of rotatable bonds is 7. The molecule has 2 saturated heterocycles. The third-order valence-electron chi connectivity index (χ3n) is 8.00. The van der Waals surface area contributed by atoms with E-state index in [0.29, 0.717) is 45.6 Å². The van der Waals surface area contributed by atoms with Crippen molar-refractivity contribution in [2.75, 3.05) is 24.5 Å². The van der Waals surface area contributed by atoms with Gasteiger partial charge in [0, 0.05) is 41.6 Å². The quantitative estimate of drug-likeness (QED) is 0.379. The van der Waals surface area contributed by atoms with E-state index in [1.807, 2.05) is 13.0 Å². The highest BCUT2D eigenvalue weighted by Gasteiger charge is 2.37. The van der Waals surface area contributed by atoms with Crippen molar-refractivity contribution in [3.05, 3.63) is 45.7 Å². The molecule has 0 unspecified atom stereocenters. The molecule has 3 aromatic rings. The maximum absolute atomic E-state index is 11.1. The van der Waals surface area contributed by atoms with Gasteiger partial charge in [0.25, 0.3) is 0 Å². The number of benzene rings is 1. The lowest BCUT2D eigenvalue weighted by Gasteiger charge is -2.43. The highest BCUT2D eigenvalue weighted by molar-refractivity contribution is 6.35. The molecule has 4 heterocycles. The molecule has 1 aromatic carbocycles. The van der Waals surface area contributed by atoms with Crippen molar-refractivity contribution in [1.29, 1.82) is 5.26 Å². The number of hydrogen-bond donors (Lipinski definition) is 1. The van der Waals surface area contributed by atoms with Gasteiger partial charge in [0.05, 0.1) is 12.2 Å². The molecule has 2 aromatic heterocycles. The van der Waals surface area contributed by atoms with E-state index in [9.17, 15) is 10.1 Å². The van der Waals surface area contributed by atoms with E-state index in [0.717, 1.165) is 50.3 Å². The van der Waals surface area contributed by atoms with Crippen LogP contribution in [0.3, 0.4) is 0 Å². The molecule has 0 bridgehead atoms. The van der Waals surface area contributed by atoms with Crippen molar-refractivity contribution in [3.8, 4) is 6.07 Å². The van der Waals surface area contributed by atoms with Gasteiger partial charge < -0.3 is 10.0 Å². The van der Waals surface area contributed by atoms with Crippen molar-refractivity contribution in [1.82, 2.24) is 24.6 Å². The number of halogens is 3. The Hall–Kier alpha value is -2.64. The SMILES string of the molecule is C[C@@H]1CN(c2cnc3c(C#N)nn([C@H](C)c4ccc(Cl)cc4Cl)c3n2)CC[C@@H]1N1CCC[C@H]1CCC(=O)O.Cl. The number of likely N-dealkylation sites (tertiary alicyclic amines) is 1. The minimum atomic E-state index is -0.722. The van der Waals surface area contributed by atoms with Crippen LogP contribution in [0.4, 0.5) is 5.82 Å². The molecular weight excluding hydrogens is 561 g/mol. The van der Waals surface area contributed by atoms with Crippen LogP contribution in [-0.4, -0.2) is 67.4 Å². The van der Waals surface area contributed by atoms with Crippen LogP contribution in [-0.2, 0) is 4.79 Å². The van der Waals surface area contributed by atoms with Gasteiger partial charge in [-0.25, -0.2) is 14.6 Å². The van der Waals surface area contributed by atoms with Crippen LogP contribution in [0.15, 0.2) is 24.4 Å². The van der Waals surface area contributed by atoms with E-state index in [1.54, 1.807) is 23.0 Å². The average Bonchev–Trinajstić information content (AvgIpc) is 3.51. The van der Waals surface area contributed by atoms with E-state index < -0.39 is 5.97 Å². The summed E-state index contributed by atoms with van der Waals surface area (Å²) in [6, 6.07) is 7.97. The first kappa shape index (κ1) is 29.3. The van der Waals surface area contributed by atoms with Crippen LogP contribution in [0, 0.1) is 17.2 Å². The summed E-state index contributed by atoms with van der Waals surface area (Å²) in [6.45, 7) is 6.91. The molecule has 0 radical (unpaired) electrons. The third-order valence-corrected chi connectivity index (χ3v) is 8.56. The summed E-state index contributed by atoms with van der Waals surface area (Å²) in [5.41, 5.74) is 2.06. The Labute approximate surface area is 244 Å². The lowest BCUT2D eigenvalue weighted by Crippen LogP contribution is -2.52. The molecule has 1 N–H and O–H groups in total. The van der Waals surface area contributed by atoms with Crippen molar-refractivity contribution in [3.63, 3.8) is 0 Å². The van der Waals surface area contributed by atoms with Gasteiger partial charge >= 0.3 is 5.97 Å². The molecule has 2 fully saturated rings. The molecule has 0 amide bonds. The van der Waals surface area contributed by atoms with Gasteiger partial charge in [0.15, 0.2) is 11.3 Å². The van der Waals surface area contributed by atoms with Crippen molar-refractivity contribution in [2.24, 2.45) is 5.92 Å². The van der Waals surface area contributed by atoms with Crippen LogP contribution >= 0.6 is 35.6 Å². The molecule has 0 saturated carbocycles. The summed E-state index contributed by atoms with van der Waals surface area (Å²) in [7, 11) is 0. The number of anilines is 1. The lowest BCUT2D eigenvalue weighted by molar-refractivity contribution is -0.137. The van der Waals surface area contributed by atoms with E-state index in [4.69, 9.17) is 33.3 Å². The second-order valence-electron chi connectivity index (χ2n) is 10.4. The van der Waals surface area contributed by atoms with Gasteiger partial charge in [0.1, 0.15) is 17.4 Å². The van der Waals surface area contributed by atoms with Gasteiger partial charge in [-0.05, 0) is 62.8 Å². The molecule has 2 aliphatic heterocycles. The molecule has 208 valence electrons. The Bertz CT molecular complexity index is 1390. The van der Waals surface area contributed by atoms with Crippen molar-refractivity contribution < 1.29 is 9.90 Å². The Morgan fingerprint density at radius 1 is 1.28 bits per heavy atom. The summed E-state index contributed by atoms with van der Waals surface area (Å²) in [6.07, 6.45) is 5.84. The summed E-state index contributed by atoms with van der Waals surface area (Å²) < 4.78 is 1.72. The highest BCUT2D eigenvalue weighted by Crippen LogP contribution is 2.34. The Kier molecular flexibility index (Phi) is 9.22. The Morgan fingerprint density at radius 2 is 2.08 bits per heavy atom. The average molecular weight is 593 g/mol. The second kappa shape index (κ2) is 12.3. The molecule has 12 heteroatoms. The predicted molar refractivity (Wildman–Crippen MR) is 154 cm³/mol. The fraction of sp³-hybridized carbons (Fsp3) is 0.519. The number of nitrogens with zero attached hydrogens (tertiary/aromatic N) is 7. The molecule has 5 rings (SSSR count). The smallest absolute Gasteiger partial charge is 0.303 e. The van der Waals surface area contributed by atoms with Gasteiger partial charge in [-0.15, -0.1) is 12.4 Å². The maximum atomic E-state index is 11.1. The predicted octanol–water partition coefficient (Wildman–Crippen LogP) is 5.58. The minimum absolute atomic E-state index is 0. The fourth-order valence-corrected chi connectivity index (χ4v) is 6.66. The largest absolute Gasteiger partial charge is 0.481 e. The topological polar surface area (TPSA) is 111 Å². The van der Waals surface area contributed by atoms with Gasteiger partial charge in [-0.2, -0.15) is 10.4 Å². The molecular formula is C27H32Cl3N7O2. The first-order chi connectivity index (χ1) is 18.3. The number of aliphatic carboxylic acids is 1. The zero-order valence-electron chi connectivity index (χ0n) is 21.9. The van der Waals surface area contributed by atoms with Crippen LogP contribution in [0.25, 0.3) is 11.2 Å². The maximum Gasteiger partial charge on any atom is 0.303 e. The zero-order valence-corrected chi connectivity index (χ0v) is 24.3. The normalized spacial score (nSPS) is 22.4. The van der Waals surface area contributed by atoms with Crippen LogP contribution in [0.1, 0.15) is 63.3 Å². The molecule has 2 aliphatic rings. The Balaban J connectivity index is 0.00000353. The molecule has 0 spiro atoms. The molecule has 0 aliphatic carbocycles. The fourth-order valence-electron chi connectivity index (χ4n) is 6.10. The number of nitriles is 1. The van der Waals surface area contributed by atoms with Crippen molar-refractivity contribution >= 4 is 58.6 Å². The number of aromatic nitrogens is 4. The van der Waals surface area contributed by atoms with Gasteiger partial charge in [-0.1, -0.05) is 36.2 Å². The standard InChI is InChI=1S/C27H31Cl2N7O2.ClH/c1-16-15-34(11-9-23(16)35-10-3-4-19(35)6-8-25(37)38)24-14-31-26-22(13-30)33-36(27(26)32-24)17(2)20-7-5-18(28)12-21(20)29;/h5,7,12,14,16-17,19,23H,3-4,6,8-11,15H2,1-2H3,(H,37,38);1H/t16-,17-,19+,23+;/m1./s1. The summed E-state index contributed by atoms with van der Waals surface area (Å²) in [5.74, 6) is 0.421. The number of carboxylic acid groups (broad SMARTS) is 1. The van der Waals surface area contributed by atoms with Crippen LogP contribution in [0.5, 0.6) is 0 Å². The first-order valence-corrected chi connectivity index (χ1v) is 13.8. The van der Waals surface area contributed by atoms with Crippen LogP contribution < -0.4 is 4.90 Å². The molecule has 39 heavy (non-hydrogen) atoms. The van der Waals surface area contributed by atoms with Gasteiger partial charge in [-0.3, -0.25) is 9.69 Å². The number of hydrogen-bond acceptors (Lipinski definition) is 7. The highest BCUT2D eigenvalue weighted by atomic mass is 35.5. The van der Waals surface area contributed by atoms with E-state index in [-0.39, 0.29) is 30.6 Å². The van der Waals surface area contributed by atoms with Gasteiger partial charge in [0.2, 0.25) is 0 Å². The summed E-state index contributed by atoms with van der Waals surface area (Å²) in [5, 5.41) is 24.4. The molecule has 4 atom stereocenters. The monoisotopic (exact) mass is 591 g/mol.